The van der Waals surface area contributed by atoms with Crippen molar-refractivity contribution in [1.82, 2.24) is 29.2 Å². The number of hydrogen-bond acceptors (Lipinski definition) is 6. The van der Waals surface area contributed by atoms with Crippen molar-refractivity contribution in [2.24, 2.45) is 12.8 Å². The van der Waals surface area contributed by atoms with Gasteiger partial charge in [0.05, 0.1) is 18.0 Å². The van der Waals surface area contributed by atoms with Gasteiger partial charge in [-0.1, -0.05) is 0 Å². The first-order chi connectivity index (χ1) is 15.4. The van der Waals surface area contributed by atoms with Crippen LogP contribution in [0.15, 0.2) is 18.2 Å². The SMILES string of the molecule is CCn1c(-c2nc(C)nn2C)nc2c1CN([C@H]1CO[C@H](c3cc(F)ccc3F)[C@@H](N)C1)C2. The van der Waals surface area contributed by atoms with Crippen LogP contribution in [0.25, 0.3) is 11.6 Å². The van der Waals surface area contributed by atoms with Crippen LogP contribution in [0.3, 0.4) is 0 Å². The molecule has 8 nitrogen and oxygen atoms in total. The van der Waals surface area contributed by atoms with E-state index in [0.717, 1.165) is 48.3 Å². The summed E-state index contributed by atoms with van der Waals surface area (Å²) in [5.74, 6) is 1.32. The van der Waals surface area contributed by atoms with Crippen molar-refractivity contribution >= 4 is 0 Å². The maximum Gasteiger partial charge on any atom is 0.194 e. The molecule has 3 aromatic rings. The molecule has 1 saturated heterocycles. The number of nitrogens with two attached hydrogens (primary N) is 1. The molecule has 0 radical (unpaired) electrons. The lowest BCUT2D eigenvalue weighted by Gasteiger charge is -2.38. The highest BCUT2D eigenvalue weighted by Crippen LogP contribution is 2.35. The second kappa shape index (κ2) is 8.02. The molecule has 170 valence electrons. The van der Waals surface area contributed by atoms with E-state index in [1.165, 1.54) is 6.07 Å². The number of halogens is 2. The van der Waals surface area contributed by atoms with E-state index in [9.17, 15) is 8.78 Å². The predicted octanol–water partition coefficient (Wildman–Crippen LogP) is 2.46. The molecule has 4 heterocycles. The van der Waals surface area contributed by atoms with Gasteiger partial charge in [-0.15, -0.1) is 0 Å². The molecule has 10 heteroatoms. The quantitative estimate of drug-likeness (QED) is 0.667. The summed E-state index contributed by atoms with van der Waals surface area (Å²) < 4.78 is 37.8. The second-order valence-electron chi connectivity index (χ2n) is 8.56. The van der Waals surface area contributed by atoms with Gasteiger partial charge in [0.25, 0.3) is 0 Å². The van der Waals surface area contributed by atoms with E-state index in [-0.39, 0.29) is 11.6 Å². The van der Waals surface area contributed by atoms with Crippen LogP contribution in [-0.2, 0) is 31.4 Å². The van der Waals surface area contributed by atoms with E-state index in [1.807, 2.05) is 14.0 Å². The molecule has 5 rings (SSSR count). The summed E-state index contributed by atoms with van der Waals surface area (Å²) in [6.45, 7) is 6.56. The fraction of sp³-hybridized carbons (Fsp3) is 0.500. The van der Waals surface area contributed by atoms with Gasteiger partial charge in [0.2, 0.25) is 0 Å². The number of benzene rings is 1. The largest absolute Gasteiger partial charge is 0.370 e. The number of nitrogens with zero attached hydrogens (tertiary/aromatic N) is 6. The Kier molecular flexibility index (Phi) is 5.31. The summed E-state index contributed by atoms with van der Waals surface area (Å²) >= 11 is 0. The van der Waals surface area contributed by atoms with Gasteiger partial charge in [-0.05, 0) is 38.5 Å². The van der Waals surface area contributed by atoms with Gasteiger partial charge in [0.1, 0.15) is 23.6 Å². The minimum Gasteiger partial charge on any atom is -0.370 e. The molecule has 3 atom stereocenters. The predicted molar refractivity (Wildman–Crippen MR) is 113 cm³/mol. The standard InChI is InChI=1S/C22H27F2N7O/c1-4-31-19-10-30(9-18(19)27-22(31)21-26-12(2)28-29(21)3)14-8-17(25)20(32-11-14)15-7-13(23)5-6-16(15)24/h5-7,14,17,20H,4,8-11,25H2,1-3H3/t14-,17+,20-/m1/s1. The highest BCUT2D eigenvalue weighted by Gasteiger charge is 2.38. The molecular weight excluding hydrogens is 416 g/mol. The number of hydrogen-bond donors (Lipinski definition) is 1. The van der Waals surface area contributed by atoms with Crippen LogP contribution in [0.5, 0.6) is 0 Å². The fourth-order valence-corrected chi connectivity index (χ4v) is 4.91. The Morgan fingerprint density at radius 3 is 2.69 bits per heavy atom. The number of imidazole rings is 1. The molecule has 2 aliphatic rings. The molecule has 0 saturated carbocycles. The van der Waals surface area contributed by atoms with Crippen LogP contribution in [0.1, 0.15) is 42.2 Å². The second-order valence-corrected chi connectivity index (χ2v) is 8.56. The third kappa shape index (κ3) is 3.52. The summed E-state index contributed by atoms with van der Waals surface area (Å²) in [5.41, 5.74) is 8.73. The Hall–Kier alpha value is -2.69. The Balaban J connectivity index is 1.32. The molecule has 2 N–H and O–H groups in total. The van der Waals surface area contributed by atoms with Crippen LogP contribution in [0.2, 0.25) is 0 Å². The number of rotatable bonds is 4. The summed E-state index contributed by atoms with van der Waals surface area (Å²) in [7, 11) is 1.88. The van der Waals surface area contributed by atoms with E-state index in [1.54, 1.807) is 4.68 Å². The normalized spacial score (nSPS) is 23.6. The molecule has 0 unspecified atom stereocenters. The zero-order chi connectivity index (χ0) is 22.6. The van der Waals surface area contributed by atoms with Crippen LogP contribution < -0.4 is 5.73 Å². The number of aromatic nitrogens is 5. The minimum atomic E-state index is -0.653. The Labute approximate surface area is 185 Å². The Morgan fingerprint density at radius 1 is 1.19 bits per heavy atom. The molecule has 1 fully saturated rings. The number of fused-ring (bicyclic) bond motifs is 1. The minimum absolute atomic E-state index is 0.0814. The van der Waals surface area contributed by atoms with Crippen molar-refractivity contribution in [2.75, 3.05) is 6.61 Å². The first-order valence-electron chi connectivity index (χ1n) is 10.9. The summed E-state index contributed by atoms with van der Waals surface area (Å²) in [4.78, 5) is 11.7. The van der Waals surface area contributed by atoms with Crippen molar-refractivity contribution in [3.8, 4) is 11.6 Å². The van der Waals surface area contributed by atoms with Crippen LogP contribution in [-0.4, -0.2) is 47.9 Å². The smallest absolute Gasteiger partial charge is 0.194 e. The molecule has 2 aromatic heterocycles. The summed E-state index contributed by atoms with van der Waals surface area (Å²) in [6.07, 6.45) is -0.0212. The third-order valence-electron chi connectivity index (χ3n) is 6.43. The van der Waals surface area contributed by atoms with Gasteiger partial charge in [0, 0.05) is 44.3 Å². The maximum absolute atomic E-state index is 14.2. The Bertz CT molecular complexity index is 1160. The lowest BCUT2D eigenvalue weighted by Crippen LogP contribution is -2.47. The van der Waals surface area contributed by atoms with Gasteiger partial charge < -0.3 is 15.0 Å². The molecule has 0 bridgehead atoms. The van der Waals surface area contributed by atoms with Crippen LogP contribution in [0, 0.1) is 18.6 Å². The highest BCUT2D eigenvalue weighted by molar-refractivity contribution is 5.48. The molecule has 0 amide bonds. The van der Waals surface area contributed by atoms with Crippen LogP contribution in [0.4, 0.5) is 8.78 Å². The summed E-state index contributed by atoms with van der Waals surface area (Å²) in [6, 6.07) is 3.05. The van der Waals surface area contributed by atoms with Gasteiger partial charge in [0.15, 0.2) is 11.6 Å². The first-order valence-corrected chi connectivity index (χ1v) is 10.9. The fourth-order valence-electron chi connectivity index (χ4n) is 4.91. The number of ether oxygens (including phenoxy) is 1. The Morgan fingerprint density at radius 2 is 2.00 bits per heavy atom. The molecule has 1 aromatic carbocycles. The molecule has 32 heavy (non-hydrogen) atoms. The van der Waals surface area contributed by atoms with Gasteiger partial charge in [-0.2, -0.15) is 5.10 Å². The van der Waals surface area contributed by atoms with Crippen LogP contribution >= 0.6 is 0 Å². The van der Waals surface area contributed by atoms with Crippen molar-refractivity contribution in [2.45, 2.75) is 58.1 Å². The molecule has 2 aliphatic heterocycles. The van der Waals surface area contributed by atoms with Crippen molar-refractivity contribution in [3.63, 3.8) is 0 Å². The van der Waals surface area contributed by atoms with Gasteiger partial charge >= 0.3 is 0 Å². The summed E-state index contributed by atoms with van der Waals surface area (Å²) in [5, 5.41) is 4.35. The number of aryl methyl sites for hydroxylation is 2. The van der Waals surface area contributed by atoms with Gasteiger partial charge in [-0.3, -0.25) is 4.90 Å². The molecular formula is C22H27F2N7O. The molecule has 0 spiro atoms. The third-order valence-corrected chi connectivity index (χ3v) is 6.43. The average molecular weight is 444 g/mol. The van der Waals surface area contributed by atoms with Gasteiger partial charge in [-0.25, -0.2) is 23.4 Å². The van der Waals surface area contributed by atoms with E-state index < -0.39 is 23.8 Å². The lowest BCUT2D eigenvalue weighted by atomic mass is 9.93. The maximum atomic E-state index is 14.2. The van der Waals surface area contributed by atoms with E-state index in [4.69, 9.17) is 15.5 Å². The first kappa shape index (κ1) is 21.2. The zero-order valence-electron chi connectivity index (χ0n) is 18.4. The van der Waals surface area contributed by atoms with Crippen molar-refractivity contribution in [1.29, 1.82) is 0 Å². The van der Waals surface area contributed by atoms with Crippen molar-refractivity contribution in [3.05, 3.63) is 52.6 Å². The molecule has 0 aliphatic carbocycles. The van der Waals surface area contributed by atoms with E-state index in [2.05, 4.69) is 26.5 Å². The van der Waals surface area contributed by atoms with E-state index in [0.29, 0.717) is 25.4 Å². The lowest BCUT2D eigenvalue weighted by molar-refractivity contribution is -0.0535. The average Bonchev–Trinajstić information content (AvgIpc) is 3.41. The monoisotopic (exact) mass is 443 g/mol. The highest BCUT2D eigenvalue weighted by atomic mass is 19.1. The topological polar surface area (TPSA) is 87.0 Å². The zero-order valence-corrected chi connectivity index (χ0v) is 18.4. The van der Waals surface area contributed by atoms with E-state index >= 15 is 0 Å². The van der Waals surface area contributed by atoms with Crippen molar-refractivity contribution < 1.29 is 13.5 Å².